The minimum atomic E-state index is 0. The predicted molar refractivity (Wildman–Crippen MR) is 113 cm³/mol. The van der Waals surface area contributed by atoms with Crippen molar-refractivity contribution in [2.24, 2.45) is 22.2 Å². The van der Waals surface area contributed by atoms with Crippen LogP contribution in [0.25, 0.3) is 0 Å². The first-order valence-electron chi connectivity index (χ1n) is 9.78. The van der Waals surface area contributed by atoms with E-state index in [0.717, 1.165) is 24.3 Å². The van der Waals surface area contributed by atoms with Gasteiger partial charge in [0.05, 0.1) is 0 Å². The molecule has 0 radical (unpaired) electrons. The van der Waals surface area contributed by atoms with Gasteiger partial charge in [0.2, 0.25) is 0 Å². The molecule has 1 N–H and O–H groups in total. The Balaban J connectivity index is 0.00000208. The molecule has 1 aliphatic carbocycles. The van der Waals surface area contributed by atoms with Gasteiger partial charge in [0.1, 0.15) is 0 Å². The zero-order chi connectivity index (χ0) is 16.3. The molecule has 0 bridgehead atoms. The van der Waals surface area contributed by atoms with Crippen molar-refractivity contribution in [1.29, 1.82) is 0 Å². The largest absolute Gasteiger partial charge is 0.356 e. The van der Waals surface area contributed by atoms with Crippen molar-refractivity contribution in [1.82, 2.24) is 15.1 Å². The minimum absolute atomic E-state index is 0. The van der Waals surface area contributed by atoms with E-state index in [0.29, 0.717) is 5.41 Å². The first kappa shape index (κ1) is 20.3. The lowest BCUT2D eigenvalue weighted by molar-refractivity contribution is 0.140. The lowest BCUT2D eigenvalue weighted by Crippen LogP contribution is -2.44. The summed E-state index contributed by atoms with van der Waals surface area (Å²) in [4.78, 5) is 9.67. The van der Waals surface area contributed by atoms with Crippen LogP contribution in [0.2, 0.25) is 0 Å². The second-order valence-electron chi connectivity index (χ2n) is 8.56. The molecule has 140 valence electrons. The summed E-state index contributed by atoms with van der Waals surface area (Å²) in [5.41, 5.74) is 0.650. The minimum Gasteiger partial charge on any atom is -0.356 e. The van der Waals surface area contributed by atoms with Gasteiger partial charge in [-0.05, 0) is 55.9 Å². The van der Waals surface area contributed by atoms with Crippen LogP contribution in [0.15, 0.2) is 4.99 Å². The highest BCUT2D eigenvalue weighted by Gasteiger charge is 2.43. The molecular weight excluding hydrogens is 411 g/mol. The van der Waals surface area contributed by atoms with Crippen LogP contribution in [-0.2, 0) is 0 Å². The molecule has 0 aromatic rings. The van der Waals surface area contributed by atoms with Gasteiger partial charge in [-0.2, -0.15) is 0 Å². The van der Waals surface area contributed by atoms with Gasteiger partial charge in [0, 0.05) is 39.8 Å². The standard InChI is InChI=1S/C19H36N4.HI/c1-16-12-17(2)14-22(13-16)10-5-9-21-18(20-3)23-11-8-19(15-23)6-4-7-19;/h16-17H,4-15H2,1-3H3,(H,20,21);1H. The first-order chi connectivity index (χ1) is 11.1. The predicted octanol–water partition coefficient (Wildman–Crippen LogP) is 3.42. The smallest absolute Gasteiger partial charge is 0.193 e. The normalized spacial score (nSPS) is 30.1. The summed E-state index contributed by atoms with van der Waals surface area (Å²) >= 11 is 0. The molecule has 2 unspecified atom stereocenters. The number of likely N-dealkylation sites (tertiary alicyclic amines) is 2. The number of hydrogen-bond donors (Lipinski definition) is 1. The van der Waals surface area contributed by atoms with E-state index in [4.69, 9.17) is 0 Å². The summed E-state index contributed by atoms with van der Waals surface area (Å²) in [6.07, 6.45) is 8.30. The number of hydrogen-bond acceptors (Lipinski definition) is 2. The Bertz CT molecular complexity index is 412. The first-order valence-corrected chi connectivity index (χ1v) is 9.78. The van der Waals surface area contributed by atoms with Gasteiger partial charge < -0.3 is 15.1 Å². The average Bonchev–Trinajstić information content (AvgIpc) is 2.92. The lowest BCUT2D eigenvalue weighted by atomic mass is 9.68. The molecule has 0 aromatic carbocycles. The van der Waals surface area contributed by atoms with Gasteiger partial charge in [-0.3, -0.25) is 4.99 Å². The van der Waals surface area contributed by atoms with E-state index in [9.17, 15) is 0 Å². The Kier molecular flexibility index (Phi) is 7.65. The lowest BCUT2D eigenvalue weighted by Gasteiger charge is -2.38. The molecule has 2 aliphatic heterocycles. The summed E-state index contributed by atoms with van der Waals surface area (Å²) in [6.45, 7) is 12.1. The molecular formula is C19H37IN4. The van der Waals surface area contributed by atoms with Gasteiger partial charge in [-0.25, -0.2) is 0 Å². The maximum absolute atomic E-state index is 4.52. The molecule has 2 saturated heterocycles. The molecule has 24 heavy (non-hydrogen) atoms. The zero-order valence-corrected chi connectivity index (χ0v) is 18.2. The third-order valence-electron chi connectivity index (χ3n) is 6.24. The number of halogens is 1. The van der Waals surface area contributed by atoms with Crippen molar-refractivity contribution in [3.63, 3.8) is 0 Å². The zero-order valence-electron chi connectivity index (χ0n) is 15.9. The molecule has 3 fully saturated rings. The second kappa shape index (κ2) is 9.06. The summed E-state index contributed by atoms with van der Waals surface area (Å²) in [7, 11) is 1.93. The molecule has 1 spiro atoms. The Morgan fingerprint density at radius 1 is 1.17 bits per heavy atom. The highest BCUT2D eigenvalue weighted by molar-refractivity contribution is 14.0. The van der Waals surface area contributed by atoms with Crippen LogP contribution in [0, 0.1) is 17.3 Å². The van der Waals surface area contributed by atoms with E-state index < -0.39 is 0 Å². The fourth-order valence-corrected chi connectivity index (χ4v) is 5.01. The van der Waals surface area contributed by atoms with E-state index in [-0.39, 0.29) is 24.0 Å². The van der Waals surface area contributed by atoms with Gasteiger partial charge in [0.25, 0.3) is 0 Å². The van der Waals surface area contributed by atoms with E-state index >= 15 is 0 Å². The van der Waals surface area contributed by atoms with Crippen molar-refractivity contribution in [3.8, 4) is 0 Å². The SMILES string of the molecule is CN=C(NCCCN1CC(C)CC(C)C1)N1CCC2(CCC2)C1.I. The Morgan fingerprint density at radius 2 is 1.88 bits per heavy atom. The third kappa shape index (κ3) is 4.99. The van der Waals surface area contributed by atoms with E-state index in [1.807, 2.05) is 7.05 Å². The number of piperidine rings is 1. The fraction of sp³-hybridized carbons (Fsp3) is 0.947. The molecule has 0 aromatic heterocycles. The third-order valence-corrected chi connectivity index (χ3v) is 6.24. The second-order valence-corrected chi connectivity index (χ2v) is 8.56. The highest BCUT2D eigenvalue weighted by atomic mass is 127. The quantitative estimate of drug-likeness (QED) is 0.310. The molecule has 0 amide bonds. The van der Waals surface area contributed by atoms with Crippen molar-refractivity contribution < 1.29 is 0 Å². The van der Waals surface area contributed by atoms with Crippen LogP contribution in [-0.4, -0.2) is 62.1 Å². The van der Waals surface area contributed by atoms with Crippen molar-refractivity contribution in [3.05, 3.63) is 0 Å². The number of nitrogens with zero attached hydrogens (tertiary/aromatic N) is 3. The van der Waals surface area contributed by atoms with Gasteiger partial charge in [-0.1, -0.05) is 20.3 Å². The highest BCUT2D eigenvalue weighted by Crippen LogP contribution is 2.47. The average molecular weight is 448 g/mol. The van der Waals surface area contributed by atoms with Crippen LogP contribution in [0.1, 0.15) is 52.4 Å². The van der Waals surface area contributed by atoms with Gasteiger partial charge in [0.15, 0.2) is 5.96 Å². The maximum Gasteiger partial charge on any atom is 0.193 e. The molecule has 4 nitrogen and oxygen atoms in total. The van der Waals surface area contributed by atoms with Crippen LogP contribution in [0.4, 0.5) is 0 Å². The van der Waals surface area contributed by atoms with Crippen molar-refractivity contribution in [2.75, 3.05) is 46.3 Å². The molecule has 3 rings (SSSR count). The fourth-order valence-electron chi connectivity index (χ4n) is 5.01. The van der Waals surface area contributed by atoms with E-state index in [1.165, 1.54) is 71.2 Å². The summed E-state index contributed by atoms with van der Waals surface area (Å²) in [5.74, 6) is 2.86. The Hall–Kier alpha value is -0.0400. The van der Waals surface area contributed by atoms with Crippen LogP contribution >= 0.6 is 24.0 Å². The summed E-state index contributed by atoms with van der Waals surface area (Å²) in [5, 5.41) is 3.61. The number of guanidine groups is 1. The maximum atomic E-state index is 4.52. The molecule has 2 atom stereocenters. The van der Waals surface area contributed by atoms with Gasteiger partial charge in [-0.15, -0.1) is 24.0 Å². The summed E-state index contributed by atoms with van der Waals surface area (Å²) < 4.78 is 0. The van der Waals surface area contributed by atoms with Gasteiger partial charge >= 0.3 is 0 Å². The van der Waals surface area contributed by atoms with E-state index in [2.05, 4.69) is 34.0 Å². The molecule has 5 heteroatoms. The number of nitrogens with one attached hydrogen (secondary N) is 1. The number of aliphatic imine (C=N–C) groups is 1. The van der Waals surface area contributed by atoms with Crippen LogP contribution in [0.3, 0.4) is 0 Å². The van der Waals surface area contributed by atoms with Crippen molar-refractivity contribution >= 4 is 29.9 Å². The monoisotopic (exact) mass is 448 g/mol. The number of rotatable bonds is 4. The van der Waals surface area contributed by atoms with E-state index in [1.54, 1.807) is 0 Å². The van der Waals surface area contributed by atoms with Crippen molar-refractivity contribution in [2.45, 2.75) is 52.4 Å². The molecule has 1 saturated carbocycles. The Morgan fingerprint density at radius 3 is 2.42 bits per heavy atom. The summed E-state index contributed by atoms with van der Waals surface area (Å²) in [6, 6.07) is 0. The van der Waals surface area contributed by atoms with Crippen LogP contribution in [0.5, 0.6) is 0 Å². The molecule has 3 aliphatic rings. The topological polar surface area (TPSA) is 30.9 Å². The Labute approximate surface area is 165 Å². The molecule has 2 heterocycles. The van der Waals surface area contributed by atoms with Crippen LogP contribution < -0.4 is 5.32 Å².